The first-order valence-corrected chi connectivity index (χ1v) is 9.29. The maximum absolute atomic E-state index is 12.6. The zero-order valence-electron chi connectivity index (χ0n) is 13.0. The Morgan fingerprint density at radius 3 is 2.54 bits per heavy atom. The summed E-state index contributed by atoms with van der Waals surface area (Å²) in [5, 5.41) is 4.46. The highest BCUT2D eigenvalue weighted by atomic mass is 32.2. The molecule has 1 aromatic carbocycles. The van der Waals surface area contributed by atoms with E-state index < -0.39 is 0 Å². The van der Waals surface area contributed by atoms with Gasteiger partial charge >= 0.3 is 0 Å². The first-order chi connectivity index (χ1) is 11.8. The van der Waals surface area contributed by atoms with E-state index in [9.17, 15) is 4.79 Å². The molecule has 0 atom stereocenters. The molecule has 0 unspecified atom stereocenters. The van der Waals surface area contributed by atoms with Crippen LogP contribution in [0.25, 0.3) is 0 Å². The Bertz CT molecular complexity index is 823. The third-order valence-corrected chi connectivity index (χ3v) is 4.86. The summed E-state index contributed by atoms with van der Waals surface area (Å²) in [6.45, 7) is 0. The fraction of sp³-hybridized carbons (Fsp3) is 0.0556. The van der Waals surface area contributed by atoms with Crippen molar-refractivity contribution in [2.75, 3.05) is 11.6 Å². The number of hydrogen-bond donors (Lipinski definition) is 1. The normalized spacial score (nSPS) is 10.4. The fourth-order valence-electron chi connectivity index (χ4n) is 2.02. The number of aromatic nitrogens is 2. The van der Waals surface area contributed by atoms with E-state index in [0.29, 0.717) is 16.3 Å². The topological polar surface area (TPSA) is 54.9 Å². The zero-order valence-corrected chi connectivity index (χ0v) is 14.6. The molecule has 4 nitrogen and oxygen atoms in total. The third kappa shape index (κ3) is 4.15. The quantitative estimate of drug-likeness (QED) is 0.679. The highest BCUT2D eigenvalue weighted by Gasteiger charge is 2.13. The van der Waals surface area contributed by atoms with Gasteiger partial charge in [0.1, 0.15) is 5.03 Å². The van der Waals surface area contributed by atoms with Crippen LogP contribution in [-0.2, 0) is 0 Å². The fourth-order valence-corrected chi connectivity index (χ4v) is 3.28. The van der Waals surface area contributed by atoms with E-state index in [-0.39, 0.29) is 5.91 Å². The third-order valence-electron chi connectivity index (χ3n) is 3.18. The Morgan fingerprint density at radius 1 is 1.00 bits per heavy atom. The number of carbonyl (C=O) groups is 1. The van der Waals surface area contributed by atoms with E-state index in [1.54, 1.807) is 36.3 Å². The van der Waals surface area contributed by atoms with Crippen molar-refractivity contribution in [3.8, 4) is 0 Å². The standard InChI is InChI=1S/C18H15N3OS2/c1-23-16-10-9-13(12-20-16)21-17(22)15-8-5-11-19-18(15)24-14-6-3-2-4-7-14/h2-12H,1H3,(H,21,22). The largest absolute Gasteiger partial charge is 0.321 e. The van der Waals surface area contributed by atoms with E-state index in [4.69, 9.17) is 0 Å². The second-order valence-corrected chi connectivity index (χ2v) is 6.70. The number of nitrogens with one attached hydrogen (secondary N) is 1. The molecule has 0 bridgehead atoms. The maximum Gasteiger partial charge on any atom is 0.258 e. The molecular weight excluding hydrogens is 338 g/mol. The van der Waals surface area contributed by atoms with E-state index in [2.05, 4.69) is 15.3 Å². The number of carbonyl (C=O) groups excluding carboxylic acids is 1. The van der Waals surface area contributed by atoms with Crippen LogP contribution in [0.15, 0.2) is 81.9 Å². The lowest BCUT2D eigenvalue weighted by Gasteiger charge is -2.09. The first-order valence-electron chi connectivity index (χ1n) is 7.25. The molecule has 0 radical (unpaired) electrons. The average Bonchev–Trinajstić information content (AvgIpc) is 2.63. The molecule has 2 aromatic heterocycles. The number of hydrogen-bond acceptors (Lipinski definition) is 5. The average molecular weight is 353 g/mol. The van der Waals surface area contributed by atoms with Crippen LogP contribution in [0.4, 0.5) is 5.69 Å². The SMILES string of the molecule is CSc1ccc(NC(=O)c2cccnc2Sc2ccccc2)cn1. The molecule has 3 aromatic rings. The van der Waals surface area contributed by atoms with Crippen LogP contribution in [-0.4, -0.2) is 22.1 Å². The number of amides is 1. The van der Waals surface area contributed by atoms with Gasteiger partial charge in [-0.25, -0.2) is 9.97 Å². The maximum atomic E-state index is 12.6. The van der Waals surface area contributed by atoms with Gasteiger partial charge in [-0.15, -0.1) is 11.8 Å². The Hall–Kier alpha value is -2.31. The van der Waals surface area contributed by atoms with Crippen LogP contribution in [0.5, 0.6) is 0 Å². The second kappa shape index (κ2) is 7.99. The summed E-state index contributed by atoms with van der Waals surface area (Å²) < 4.78 is 0. The lowest BCUT2D eigenvalue weighted by Crippen LogP contribution is -2.13. The van der Waals surface area contributed by atoms with Crippen molar-refractivity contribution in [3.05, 3.63) is 72.6 Å². The number of anilines is 1. The van der Waals surface area contributed by atoms with Crippen LogP contribution in [0, 0.1) is 0 Å². The monoisotopic (exact) mass is 353 g/mol. The molecular formula is C18H15N3OS2. The van der Waals surface area contributed by atoms with Crippen molar-refractivity contribution in [1.82, 2.24) is 9.97 Å². The molecule has 6 heteroatoms. The van der Waals surface area contributed by atoms with Gasteiger partial charge in [0, 0.05) is 11.1 Å². The van der Waals surface area contributed by atoms with Gasteiger partial charge in [-0.2, -0.15) is 0 Å². The summed E-state index contributed by atoms with van der Waals surface area (Å²) in [4.78, 5) is 22.2. The number of pyridine rings is 2. The van der Waals surface area contributed by atoms with Crippen LogP contribution in [0.1, 0.15) is 10.4 Å². The van der Waals surface area contributed by atoms with Crippen molar-refractivity contribution in [3.63, 3.8) is 0 Å². The van der Waals surface area contributed by atoms with Gasteiger partial charge in [0.25, 0.3) is 5.91 Å². The lowest BCUT2D eigenvalue weighted by molar-refractivity contribution is 0.102. The molecule has 2 heterocycles. The zero-order chi connectivity index (χ0) is 16.8. The number of thioether (sulfide) groups is 1. The predicted octanol–water partition coefficient (Wildman–Crippen LogP) is 4.60. The van der Waals surface area contributed by atoms with Crippen LogP contribution in [0.3, 0.4) is 0 Å². The van der Waals surface area contributed by atoms with Crippen LogP contribution < -0.4 is 5.32 Å². The first kappa shape index (κ1) is 16.5. The Kier molecular flexibility index (Phi) is 5.51. The summed E-state index contributed by atoms with van der Waals surface area (Å²) in [6.07, 6.45) is 5.31. The van der Waals surface area contributed by atoms with Gasteiger partial charge in [-0.05, 0) is 42.7 Å². The van der Waals surface area contributed by atoms with E-state index in [0.717, 1.165) is 9.92 Å². The van der Waals surface area contributed by atoms with Crippen molar-refractivity contribution in [1.29, 1.82) is 0 Å². The van der Waals surface area contributed by atoms with Gasteiger partial charge in [-0.3, -0.25) is 4.79 Å². The summed E-state index contributed by atoms with van der Waals surface area (Å²) in [6, 6.07) is 17.1. The number of rotatable bonds is 5. The molecule has 0 aliphatic heterocycles. The van der Waals surface area contributed by atoms with Gasteiger partial charge in [-0.1, -0.05) is 30.0 Å². The van der Waals surface area contributed by atoms with E-state index >= 15 is 0 Å². The predicted molar refractivity (Wildman–Crippen MR) is 98.8 cm³/mol. The highest BCUT2D eigenvalue weighted by Crippen LogP contribution is 2.28. The molecule has 0 aliphatic rings. The smallest absolute Gasteiger partial charge is 0.258 e. The molecule has 1 amide bonds. The molecule has 0 spiro atoms. The molecule has 0 fully saturated rings. The number of nitrogens with zero attached hydrogens (tertiary/aromatic N) is 2. The minimum absolute atomic E-state index is 0.194. The van der Waals surface area contributed by atoms with Crippen LogP contribution >= 0.6 is 23.5 Å². The van der Waals surface area contributed by atoms with Gasteiger partial charge in [0.15, 0.2) is 0 Å². The second-order valence-electron chi connectivity index (χ2n) is 4.81. The van der Waals surface area contributed by atoms with Crippen molar-refractivity contribution < 1.29 is 4.79 Å². The van der Waals surface area contributed by atoms with Gasteiger partial charge < -0.3 is 5.32 Å². The summed E-state index contributed by atoms with van der Waals surface area (Å²) in [5.74, 6) is -0.194. The van der Waals surface area contributed by atoms with E-state index in [1.807, 2.05) is 48.7 Å². The summed E-state index contributed by atoms with van der Waals surface area (Å²) in [7, 11) is 0. The molecule has 1 N–H and O–H groups in total. The number of benzene rings is 1. The molecule has 120 valence electrons. The Balaban J connectivity index is 1.79. The van der Waals surface area contributed by atoms with Crippen molar-refractivity contribution >= 4 is 35.1 Å². The molecule has 0 saturated carbocycles. The Morgan fingerprint density at radius 2 is 1.83 bits per heavy atom. The van der Waals surface area contributed by atoms with Crippen LogP contribution in [0.2, 0.25) is 0 Å². The lowest BCUT2D eigenvalue weighted by atomic mass is 10.2. The van der Waals surface area contributed by atoms with Gasteiger partial charge in [0.2, 0.25) is 0 Å². The summed E-state index contributed by atoms with van der Waals surface area (Å²) in [5.41, 5.74) is 1.21. The van der Waals surface area contributed by atoms with Gasteiger partial charge in [0.05, 0.1) is 22.5 Å². The van der Waals surface area contributed by atoms with Crippen molar-refractivity contribution in [2.45, 2.75) is 14.9 Å². The summed E-state index contributed by atoms with van der Waals surface area (Å²) >= 11 is 3.03. The highest BCUT2D eigenvalue weighted by molar-refractivity contribution is 7.99. The molecule has 24 heavy (non-hydrogen) atoms. The molecule has 3 rings (SSSR count). The molecule has 0 saturated heterocycles. The minimum Gasteiger partial charge on any atom is -0.321 e. The minimum atomic E-state index is -0.194. The Labute approximate surface area is 149 Å². The molecule has 0 aliphatic carbocycles. The van der Waals surface area contributed by atoms with Crippen molar-refractivity contribution in [2.24, 2.45) is 0 Å². The van der Waals surface area contributed by atoms with E-state index in [1.165, 1.54) is 11.8 Å².